The van der Waals surface area contributed by atoms with Gasteiger partial charge in [0.25, 0.3) is 5.91 Å². The first-order valence-corrected chi connectivity index (χ1v) is 7.19. The molecule has 106 valence electrons. The van der Waals surface area contributed by atoms with Crippen molar-refractivity contribution >= 4 is 11.8 Å². The molecule has 3 rings (SSSR count). The highest BCUT2D eigenvalue weighted by Gasteiger charge is 2.39. The quantitative estimate of drug-likeness (QED) is 0.840. The topological polar surface area (TPSA) is 62.3 Å². The lowest BCUT2D eigenvalue weighted by Crippen LogP contribution is -2.42. The van der Waals surface area contributed by atoms with E-state index in [0.717, 1.165) is 32.2 Å². The van der Waals surface area contributed by atoms with Gasteiger partial charge in [0.1, 0.15) is 0 Å². The highest BCUT2D eigenvalue weighted by Crippen LogP contribution is 2.31. The van der Waals surface area contributed by atoms with E-state index in [4.69, 9.17) is 0 Å². The molecular formula is C15H19N3O2. The van der Waals surface area contributed by atoms with Crippen LogP contribution in [0.1, 0.15) is 42.5 Å². The lowest BCUT2D eigenvalue weighted by molar-refractivity contribution is -0.119. The fourth-order valence-electron chi connectivity index (χ4n) is 3.22. The number of nitrogens with one attached hydrogen (secondary N) is 1. The summed E-state index contributed by atoms with van der Waals surface area (Å²) >= 11 is 0. The summed E-state index contributed by atoms with van der Waals surface area (Å²) in [7, 11) is 0. The molecule has 5 heteroatoms. The molecule has 1 atom stereocenters. The van der Waals surface area contributed by atoms with Crippen LogP contribution < -0.4 is 5.32 Å². The van der Waals surface area contributed by atoms with Crippen molar-refractivity contribution in [2.45, 2.75) is 37.6 Å². The lowest BCUT2D eigenvalue weighted by Gasteiger charge is -2.27. The number of rotatable bonds is 1. The molecule has 0 aliphatic carbocycles. The molecule has 2 saturated heterocycles. The number of pyridine rings is 1. The van der Waals surface area contributed by atoms with E-state index in [0.29, 0.717) is 18.5 Å². The summed E-state index contributed by atoms with van der Waals surface area (Å²) in [5.74, 6) is 0.215. The molecule has 0 radical (unpaired) electrons. The van der Waals surface area contributed by atoms with Gasteiger partial charge in [0.2, 0.25) is 5.91 Å². The Morgan fingerprint density at radius 3 is 2.70 bits per heavy atom. The summed E-state index contributed by atoms with van der Waals surface area (Å²) < 4.78 is 0. The Labute approximate surface area is 118 Å². The number of likely N-dealkylation sites (tertiary alicyclic amines) is 1. The number of amides is 2. The smallest absolute Gasteiger partial charge is 0.253 e. The molecule has 1 aromatic heterocycles. The summed E-state index contributed by atoms with van der Waals surface area (Å²) in [4.78, 5) is 29.7. The molecule has 20 heavy (non-hydrogen) atoms. The highest BCUT2D eigenvalue weighted by atomic mass is 16.2. The van der Waals surface area contributed by atoms with Gasteiger partial charge in [-0.05, 0) is 37.8 Å². The minimum Gasteiger partial charge on any atom is -0.351 e. The van der Waals surface area contributed by atoms with E-state index in [-0.39, 0.29) is 17.4 Å². The van der Waals surface area contributed by atoms with E-state index in [2.05, 4.69) is 10.3 Å². The molecule has 0 saturated carbocycles. The zero-order valence-electron chi connectivity index (χ0n) is 11.5. The van der Waals surface area contributed by atoms with E-state index >= 15 is 0 Å². The van der Waals surface area contributed by atoms with Crippen LogP contribution in [0.5, 0.6) is 0 Å². The number of hydrogen-bond donors (Lipinski definition) is 1. The molecule has 2 aliphatic rings. The Morgan fingerprint density at radius 2 is 2.00 bits per heavy atom. The van der Waals surface area contributed by atoms with Crippen LogP contribution in [0.15, 0.2) is 24.5 Å². The van der Waals surface area contributed by atoms with Gasteiger partial charge in [-0.2, -0.15) is 0 Å². The number of carbonyl (C=O) groups excluding carboxylic acids is 2. The van der Waals surface area contributed by atoms with Crippen molar-refractivity contribution in [1.82, 2.24) is 15.2 Å². The van der Waals surface area contributed by atoms with Gasteiger partial charge in [0.05, 0.1) is 0 Å². The Morgan fingerprint density at radius 1 is 1.20 bits per heavy atom. The minimum atomic E-state index is -0.0651. The molecule has 2 fully saturated rings. The van der Waals surface area contributed by atoms with Crippen LogP contribution in [-0.2, 0) is 4.79 Å². The number of carbonyl (C=O) groups is 2. The average Bonchev–Trinajstić information content (AvgIpc) is 2.71. The first-order valence-electron chi connectivity index (χ1n) is 7.19. The third-order valence-electron chi connectivity index (χ3n) is 4.39. The summed E-state index contributed by atoms with van der Waals surface area (Å²) in [6.45, 7) is 1.47. The Hall–Kier alpha value is -1.91. The Balaban J connectivity index is 1.69. The average molecular weight is 273 g/mol. The van der Waals surface area contributed by atoms with E-state index in [1.54, 1.807) is 24.5 Å². The second kappa shape index (κ2) is 5.23. The Bertz CT molecular complexity index is 517. The highest BCUT2D eigenvalue weighted by molar-refractivity contribution is 5.94. The molecule has 1 aromatic rings. The summed E-state index contributed by atoms with van der Waals surface area (Å²) in [6, 6.07) is 3.50. The molecule has 2 aliphatic heterocycles. The number of nitrogens with zero attached hydrogens (tertiary/aromatic N) is 2. The van der Waals surface area contributed by atoms with Crippen molar-refractivity contribution in [3.8, 4) is 0 Å². The van der Waals surface area contributed by atoms with Crippen molar-refractivity contribution in [3.63, 3.8) is 0 Å². The van der Waals surface area contributed by atoms with Crippen LogP contribution in [0, 0.1) is 0 Å². The van der Waals surface area contributed by atoms with Gasteiger partial charge >= 0.3 is 0 Å². The fourth-order valence-corrected chi connectivity index (χ4v) is 3.22. The van der Waals surface area contributed by atoms with Crippen molar-refractivity contribution in [2.75, 3.05) is 13.1 Å². The third kappa shape index (κ3) is 2.53. The van der Waals surface area contributed by atoms with Crippen molar-refractivity contribution < 1.29 is 9.59 Å². The molecule has 1 N–H and O–H groups in total. The van der Waals surface area contributed by atoms with Crippen molar-refractivity contribution in [3.05, 3.63) is 30.1 Å². The molecule has 0 bridgehead atoms. The lowest BCUT2D eigenvalue weighted by atomic mass is 9.89. The van der Waals surface area contributed by atoms with Crippen LogP contribution in [0.3, 0.4) is 0 Å². The van der Waals surface area contributed by atoms with Crippen LogP contribution in [0.4, 0.5) is 0 Å². The van der Waals surface area contributed by atoms with Gasteiger partial charge in [0, 0.05) is 43.0 Å². The fraction of sp³-hybridized carbons (Fsp3) is 0.533. The van der Waals surface area contributed by atoms with E-state index in [1.165, 1.54) is 0 Å². The van der Waals surface area contributed by atoms with Crippen LogP contribution >= 0.6 is 0 Å². The van der Waals surface area contributed by atoms with Gasteiger partial charge in [-0.1, -0.05) is 0 Å². The maximum Gasteiger partial charge on any atom is 0.253 e. The van der Waals surface area contributed by atoms with Crippen LogP contribution in [0.2, 0.25) is 0 Å². The van der Waals surface area contributed by atoms with E-state index in [1.807, 2.05) is 4.90 Å². The summed E-state index contributed by atoms with van der Waals surface area (Å²) in [6.07, 6.45) is 7.58. The van der Waals surface area contributed by atoms with Gasteiger partial charge < -0.3 is 10.2 Å². The standard InChI is InChI=1S/C15H19N3O2/c19-13-2-6-15(17-13)5-1-10-18(11-7-15)14(20)12-3-8-16-9-4-12/h3-4,8-9H,1-2,5-7,10-11H2,(H,17,19). The second-order valence-electron chi connectivity index (χ2n) is 5.71. The molecular weight excluding hydrogens is 254 g/mol. The Kier molecular flexibility index (Phi) is 3.42. The zero-order chi connectivity index (χ0) is 14.0. The van der Waals surface area contributed by atoms with Gasteiger partial charge in [-0.3, -0.25) is 14.6 Å². The van der Waals surface area contributed by atoms with E-state index in [9.17, 15) is 9.59 Å². The monoisotopic (exact) mass is 273 g/mol. The number of hydrogen-bond acceptors (Lipinski definition) is 3. The number of aromatic nitrogens is 1. The predicted molar refractivity (Wildman–Crippen MR) is 74.1 cm³/mol. The SMILES string of the molecule is O=C1CCC2(CCCN(C(=O)c3ccncc3)CC2)N1. The van der Waals surface area contributed by atoms with Crippen LogP contribution in [-0.4, -0.2) is 40.3 Å². The summed E-state index contributed by atoms with van der Waals surface area (Å²) in [5.41, 5.74) is 0.621. The zero-order valence-corrected chi connectivity index (χ0v) is 11.5. The maximum atomic E-state index is 12.4. The third-order valence-corrected chi connectivity index (χ3v) is 4.39. The van der Waals surface area contributed by atoms with Gasteiger partial charge in [0.15, 0.2) is 0 Å². The predicted octanol–water partition coefficient (Wildman–Crippen LogP) is 1.36. The van der Waals surface area contributed by atoms with Crippen LogP contribution in [0.25, 0.3) is 0 Å². The molecule has 3 heterocycles. The second-order valence-corrected chi connectivity index (χ2v) is 5.71. The molecule has 5 nitrogen and oxygen atoms in total. The van der Waals surface area contributed by atoms with E-state index < -0.39 is 0 Å². The van der Waals surface area contributed by atoms with Crippen molar-refractivity contribution in [1.29, 1.82) is 0 Å². The maximum absolute atomic E-state index is 12.4. The molecule has 2 amide bonds. The summed E-state index contributed by atoms with van der Waals surface area (Å²) in [5, 5.41) is 3.12. The van der Waals surface area contributed by atoms with Crippen molar-refractivity contribution in [2.24, 2.45) is 0 Å². The minimum absolute atomic E-state index is 0.0637. The van der Waals surface area contributed by atoms with Gasteiger partial charge in [-0.25, -0.2) is 0 Å². The molecule has 1 unspecified atom stereocenters. The van der Waals surface area contributed by atoms with Gasteiger partial charge in [-0.15, -0.1) is 0 Å². The normalized spacial score (nSPS) is 26.4. The largest absolute Gasteiger partial charge is 0.351 e. The molecule has 0 aromatic carbocycles. The first-order chi connectivity index (χ1) is 9.69. The molecule has 1 spiro atoms. The first kappa shape index (κ1) is 13.1.